The molecule has 0 bridgehead atoms. The van der Waals surface area contributed by atoms with E-state index in [2.05, 4.69) is 19.6 Å². The Morgan fingerprint density at radius 1 is 1.45 bits per heavy atom. The summed E-state index contributed by atoms with van der Waals surface area (Å²) in [6.07, 6.45) is 10.6. The van der Waals surface area contributed by atoms with Gasteiger partial charge in [-0.3, -0.25) is 0 Å². The Kier molecular flexibility index (Phi) is 3.68. The lowest BCUT2D eigenvalue weighted by Gasteiger charge is -2.19. The summed E-state index contributed by atoms with van der Waals surface area (Å²) < 4.78 is 0. The van der Waals surface area contributed by atoms with Crippen molar-refractivity contribution < 1.29 is 0 Å². The number of rotatable bonds is 4. The van der Waals surface area contributed by atoms with Gasteiger partial charge < -0.3 is 0 Å². The van der Waals surface area contributed by atoms with Crippen molar-refractivity contribution in [1.29, 1.82) is 0 Å². The van der Waals surface area contributed by atoms with Crippen LogP contribution in [0.4, 0.5) is 0 Å². The summed E-state index contributed by atoms with van der Waals surface area (Å²) in [5, 5.41) is 0. The van der Waals surface area contributed by atoms with Crippen molar-refractivity contribution in [3.8, 4) is 0 Å². The van der Waals surface area contributed by atoms with E-state index in [9.17, 15) is 0 Å². The molecule has 0 aromatic heterocycles. The van der Waals surface area contributed by atoms with E-state index in [4.69, 9.17) is 0 Å². The normalized spacial score (nSPS) is 21.9. The third-order valence-corrected chi connectivity index (χ3v) is 3.06. The summed E-state index contributed by atoms with van der Waals surface area (Å²) in [7, 11) is 0. The Bertz CT molecular complexity index is 109. The van der Waals surface area contributed by atoms with Crippen LogP contribution in [-0.2, 0) is 0 Å². The molecule has 0 N–H and O–H groups in total. The number of allylic oxidation sites excluding steroid dienone is 1. The fraction of sp³-hybridized carbons (Fsp3) is 0.818. The van der Waals surface area contributed by atoms with Gasteiger partial charge in [0.15, 0.2) is 0 Å². The topological polar surface area (TPSA) is 0 Å². The van der Waals surface area contributed by atoms with E-state index in [0.717, 1.165) is 11.8 Å². The van der Waals surface area contributed by atoms with E-state index in [0.29, 0.717) is 0 Å². The summed E-state index contributed by atoms with van der Waals surface area (Å²) in [4.78, 5) is 0. The summed E-state index contributed by atoms with van der Waals surface area (Å²) in [6.45, 7) is 6.13. The average Bonchev–Trinajstić information content (AvgIpc) is 2.52. The molecule has 0 radical (unpaired) electrons. The highest BCUT2D eigenvalue weighted by atomic mass is 14.3. The number of hydrogen-bond acceptors (Lipinski definition) is 0. The van der Waals surface area contributed by atoms with Crippen molar-refractivity contribution >= 4 is 0 Å². The van der Waals surface area contributed by atoms with Crippen LogP contribution in [0.3, 0.4) is 0 Å². The molecule has 0 heterocycles. The second-order valence-electron chi connectivity index (χ2n) is 3.74. The molecular formula is C11H20. The molecule has 0 amide bonds. The highest BCUT2D eigenvalue weighted by Crippen LogP contribution is 2.34. The minimum absolute atomic E-state index is 0.940. The third kappa shape index (κ3) is 2.36. The summed E-state index contributed by atoms with van der Waals surface area (Å²) >= 11 is 0. The standard InChI is InChI=1S/C11H20/c1-3-7-10(4-2)11-8-5-6-9-11/h3,10-11H,1,4-9H2,2H3. The quantitative estimate of drug-likeness (QED) is 0.538. The van der Waals surface area contributed by atoms with Gasteiger partial charge in [0, 0.05) is 0 Å². The molecule has 1 aliphatic rings. The van der Waals surface area contributed by atoms with Gasteiger partial charge in [-0.15, -0.1) is 6.58 Å². The zero-order valence-electron chi connectivity index (χ0n) is 7.68. The first-order valence-corrected chi connectivity index (χ1v) is 4.99. The molecule has 0 aliphatic heterocycles. The molecule has 1 rings (SSSR count). The second kappa shape index (κ2) is 4.58. The van der Waals surface area contributed by atoms with Gasteiger partial charge in [-0.25, -0.2) is 0 Å². The Balaban J connectivity index is 2.33. The van der Waals surface area contributed by atoms with Crippen LogP contribution in [-0.4, -0.2) is 0 Å². The molecular weight excluding hydrogens is 132 g/mol. The lowest BCUT2D eigenvalue weighted by Crippen LogP contribution is -2.09. The van der Waals surface area contributed by atoms with E-state index in [1.807, 2.05) is 0 Å². The molecule has 64 valence electrons. The predicted molar refractivity (Wildman–Crippen MR) is 50.6 cm³/mol. The maximum Gasteiger partial charge on any atom is -0.0322 e. The van der Waals surface area contributed by atoms with E-state index in [-0.39, 0.29) is 0 Å². The molecule has 0 nitrogen and oxygen atoms in total. The van der Waals surface area contributed by atoms with Gasteiger partial charge >= 0.3 is 0 Å². The van der Waals surface area contributed by atoms with Crippen molar-refractivity contribution in [3.63, 3.8) is 0 Å². The van der Waals surface area contributed by atoms with Gasteiger partial charge in [-0.1, -0.05) is 45.1 Å². The monoisotopic (exact) mass is 152 g/mol. The number of hydrogen-bond donors (Lipinski definition) is 0. The van der Waals surface area contributed by atoms with E-state index >= 15 is 0 Å². The van der Waals surface area contributed by atoms with Crippen molar-refractivity contribution in [1.82, 2.24) is 0 Å². The Labute approximate surface area is 70.7 Å². The van der Waals surface area contributed by atoms with Gasteiger partial charge in [0.2, 0.25) is 0 Å². The SMILES string of the molecule is C=CCC(CC)C1CCCC1. The van der Waals surface area contributed by atoms with E-state index in [1.54, 1.807) is 0 Å². The highest BCUT2D eigenvalue weighted by Gasteiger charge is 2.22. The van der Waals surface area contributed by atoms with Gasteiger partial charge in [-0.2, -0.15) is 0 Å². The minimum Gasteiger partial charge on any atom is -0.103 e. The van der Waals surface area contributed by atoms with Crippen LogP contribution < -0.4 is 0 Å². The Morgan fingerprint density at radius 2 is 2.09 bits per heavy atom. The van der Waals surface area contributed by atoms with Gasteiger partial charge in [0.05, 0.1) is 0 Å². The van der Waals surface area contributed by atoms with Crippen LogP contribution >= 0.6 is 0 Å². The molecule has 1 fully saturated rings. The third-order valence-electron chi connectivity index (χ3n) is 3.06. The van der Waals surface area contributed by atoms with Crippen molar-refractivity contribution in [2.24, 2.45) is 11.8 Å². The molecule has 0 aromatic carbocycles. The fourth-order valence-electron chi connectivity index (χ4n) is 2.34. The lowest BCUT2D eigenvalue weighted by molar-refractivity contribution is 0.332. The van der Waals surface area contributed by atoms with Gasteiger partial charge in [0.25, 0.3) is 0 Å². The summed E-state index contributed by atoms with van der Waals surface area (Å²) in [6, 6.07) is 0. The van der Waals surface area contributed by atoms with Crippen LogP contribution in [0.1, 0.15) is 45.4 Å². The van der Waals surface area contributed by atoms with Crippen molar-refractivity contribution in [2.45, 2.75) is 45.4 Å². The van der Waals surface area contributed by atoms with Crippen LogP contribution in [0.25, 0.3) is 0 Å². The first-order valence-electron chi connectivity index (χ1n) is 4.99. The highest BCUT2D eigenvalue weighted by molar-refractivity contribution is 4.80. The van der Waals surface area contributed by atoms with Crippen molar-refractivity contribution in [3.05, 3.63) is 12.7 Å². The van der Waals surface area contributed by atoms with Crippen molar-refractivity contribution in [2.75, 3.05) is 0 Å². The molecule has 11 heavy (non-hydrogen) atoms. The molecule has 1 saturated carbocycles. The molecule has 0 aromatic rings. The second-order valence-corrected chi connectivity index (χ2v) is 3.74. The first kappa shape index (κ1) is 8.83. The molecule has 0 heteroatoms. The van der Waals surface area contributed by atoms with Crippen LogP contribution in [0.5, 0.6) is 0 Å². The molecule has 1 unspecified atom stereocenters. The van der Waals surface area contributed by atoms with Gasteiger partial charge in [0.1, 0.15) is 0 Å². The largest absolute Gasteiger partial charge is 0.103 e. The van der Waals surface area contributed by atoms with Crippen LogP contribution in [0.2, 0.25) is 0 Å². The lowest BCUT2D eigenvalue weighted by atomic mass is 9.86. The zero-order valence-corrected chi connectivity index (χ0v) is 7.68. The Hall–Kier alpha value is -0.260. The average molecular weight is 152 g/mol. The predicted octanol–water partition coefficient (Wildman–Crippen LogP) is 3.78. The van der Waals surface area contributed by atoms with E-state index < -0.39 is 0 Å². The van der Waals surface area contributed by atoms with Crippen LogP contribution in [0, 0.1) is 11.8 Å². The zero-order chi connectivity index (χ0) is 8.10. The maximum atomic E-state index is 3.82. The maximum absolute atomic E-state index is 3.82. The summed E-state index contributed by atoms with van der Waals surface area (Å²) in [5.74, 6) is 1.97. The summed E-state index contributed by atoms with van der Waals surface area (Å²) in [5.41, 5.74) is 0. The minimum atomic E-state index is 0.940. The molecule has 0 spiro atoms. The molecule has 1 aliphatic carbocycles. The fourth-order valence-corrected chi connectivity index (χ4v) is 2.34. The molecule has 1 atom stereocenters. The smallest absolute Gasteiger partial charge is 0.0322 e. The Morgan fingerprint density at radius 3 is 2.55 bits per heavy atom. The van der Waals surface area contributed by atoms with E-state index in [1.165, 1.54) is 38.5 Å². The van der Waals surface area contributed by atoms with Gasteiger partial charge in [-0.05, 0) is 18.3 Å². The molecule has 0 saturated heterocycles. The first-order chi connectivity index (χ1) is 5.38. The van der Waals surface area contributed by atoms with Crippen LogP contribution in [0.15, 0.2) is 12.7 Å².